The highest BCUT2D eigenvalue weighted by atomic mass is 16.1. The van der Waals surface area contributed by atoms with Gasteiger partial charge in [-0.15, -0.1) is 10.2 Å². The van der Waals surface area contributed by atoms with Gasteiger partial charge in [-0.25, -0.2) is 0 Å². The minimum atomic E-state index is -0.191. The first-order valence-corrected chi connectivity index (χ1v) is 6.34. The highest BCUT2D eigenvalue weighted by molar-refractivity contribution is 5.92. The Morgan fingerprint density at radius 3 is 2.61 bits per heavy atom. The van der Waals surface area contributed by atoms with Crippen molar-refractivity contribution >= 4 is 11.7 Å². The second-order valence-corrected chi connectivity index (χ2v) is 3.80. The average molecular weight is 251 g/mol. The Kier molecular flexibility index (Phi) is 6.71. The molecular formula is C12H21N5O. The van der Waals surface area contributed by atoms with Gasteiger partial charge in [-0.3, -0.25) is 4.79 Å². The van der Waals surface area contributed by atoms with Crippen LogP contribution in [0.5, 0.6) is 0 Å². The number of aromatic nitrogens is 2. The summed E-state index contributed by atoms with van der Waals surface area (Å²) in [6.45, 7) is 7.34. The maximum atomic E-state index is 11.4. The standard InChI is InChI=1S/C12H21N5O/c1-3-13-8-5-9-15-11-7-6-10(16-17-11)12(18)14-4-2/h6-7,13H,3-5,8-9H2,1-2H3,(H,14,18)(H,15,17). The lowest BCUT2D eigenvalue weighted by atomic mass is 10.3. The van der Waals surface area contributed by atoms with Crippen LogP contribution in [0.3, 0.4) is 0 Å². The van der Waals surface area contributed by atoms with Gasteiger partial charge in [0.05, 0.1) is 0 Å². The van der Waals surface area contributed by atoms with Crippen LogP contribution in [-0.2, 0) is 0 Å². The molecule has 1 aromatic heterocycles. The van der Waals surface area contributed by atoms with Gasteiger partial charge in [0.2, 0.25) is 0 Å². The molecule has 0 bridgehead atoms. The molecule has 100 valence electrons. The molecule has 0 aliphatic carbocycles. The van der Waals surface area contributed by atoms with Crippen LogP contribution in [0.1, 0.15) is 30.8 Å². The van der Waals surface area contributed by atoms with E-state index >= 15 is 0 Å². The molecule has 0 spiro atoms. The summed E-state index contributed by atoms with van der Waals surface area (Å²) < 4.78 is 0. The summed E-state index contributed by atoms with van der Waals surface area (Å²) in [5.41, 5.74) is 0.343. The van der Waals surface area contributed by atoms with Crippen molar-refractivity contribution in [3.63, 3.8) is 0 Å². The lowest BCUT2D eigenvalue weighted by molar-refractivity contribution is 0.0950. The molecule has 1 amide bonds. The van der Waals surface area contributed by atoms with Crippen LogP contribution in [0, 0.1) is 0 Å². The SMILES string of the molecule is CCNCCCNc1ccc(C(=O)NCC)nn1. The second-order valence-electron chi connectivity index (χ2n) is 3.80. The van der Waals surface area contributed by atoms with Crippen LogP contribution in [-0.4, -0.2) is 42.3 Å². The molecule has 0 aliphatic heterocycles. The quantitative estimate of drug-likeness (QED) is 0.591. The Morgan fingerprint density at radius 1 is 1.17 bits per heavy atom. The molecule has 0 unspecified atom stereocenters. The fraction of sp³-hybridized carbons (Fsp3) is 0.583. The van der Waals surface area contributed by atoms with Crippen LogP contribution in [0.4, 0.5) is 5.82 Å². The molecule has 0 aliphatic rings. The van der Waals surface area contributed by atoms with Crippen LogP contribution in [0.2, 0.25) is 0 Å². The first-order chi connectivity index (χ1) is 8.77. The summed E-state index contributed by atoms with van der Waals surface area (Å²) in [7, 11) is 0. The Labute approximate surface area is 108 Å². The van der Waals surface area contributed by atoms with E-state index in [0.29, 0.717) is 18.1 Å². The zero-order valence-corrected chi connectivity index (χ0v) is 11.0. The van der Waals surface area contributed by atoms with Crippen molar-refractivity contribution in [1.29, 1.82) is 0 Å². The van der Waals surface area contributed by atoms with Gasteiger partial charge >= 0.3 is 0 Å². The normalized spacial score (nSPS) is 10.1. The van der Waals surface area contributed by atoms with Gasteiger partial charge in [0, 0.05) is 13.1 Å². The van der Waals surface area contributed by atoms with E-state index in [4.69, 9.17) is 0 Å². The van der Waals surface area contributed by atoms with Crippen molar-refractivity contribution in [1.82, 2.24) is 20.8 Å². The van der Waals surface area contributed by atoms with Gasteiger partial charge in [0.1, 0.15) is 5.82 Å². The van der Waals surface area contributed by atoms with E-state index in [1.54, 1.807) is 12.1 Å². The predicted octanol–water partition coefficient (Wildman–Crippen LogP) is 0.638. The largest absolute Gasteiger partial charge is 0.369 e. The topological polar surface area (TPSA) is 78.9 Å². The van der Waals surface area contributed by atoms with Crippen LogP contribution >= 0.6 is 0 Å². The molecule has 6 nitrogen and oxygen atoms in total. The molecule has 0 saturated heterocycles. The summed E-state index contributed by atoms with van der Waals surface area (Å²) in [6, 6.07) is 3.44. The minimum absolute atomic E-state index is 0.191. The number of anilines is 1. The summed E-state index contributed by atoms with van der Waals surface area (Å²) in [4.78, 5) is 11.4. The van der Waals surface area contributed by atoms with E-state index in [1.807, 2.05) is 6.92 Å². The average Bonchev–Trinajstić information content (AvgIpc) is 2.39. The maximum Gasteiger partial charge on any atom is 0.271 e. The van der Waals surface area contributed by atoms with E-state index < -0.39 is 0 Å². The van der Waals surface area contributed by atoms with Crippen molar-refractivity contribution in [3.05, 3.63) is 17.8 Å². The van der Waals surface area contributed by atoms with E-state index in [9.17, 15) is 4.79 Å². The molecule has 1 aromatic rings. The molecule has 1 rings (SSSR count). The number of nitrogens with one attached hydrogen (secondary N) is 3. The smallest absolute Gasteiger partial charge is 0.271 e. The lowest BCUT2D eigenvalue weighted by Crippen LogP contribution is -2.24. The fourth-order valence-corrected chi connectivity index (χ4v) is 1.41. The number of carbonyl (C=O) groups is 1. The maximum absolute atomic E-state index is 11.4. The third-order valence-electron chi connectivity index (χ3n) is 2.32. The van der Waals surface area contributed by atoms with E-state index in [1.165, 1.54) is 0 Å². The predicted molar refractivity (Wildman–Crippen MR) is 71.7 cm³/mol. The lowest BCUT2D eigenvalue weighted by Gasteiger charge is -2.06. The van der Waals surface area contributed by atoms with E-state index in [2.05, 4.69) is 33.1 Å². The van der Waals surface area contributed by atoms with Gasteiger partial charge in [0.25, 0.3) is 5.91 Å². The van der Waals surface area contributed by atoms with Crippen LogP contribution < -0.4 is 16.0 Å². The molecule has 0 radical (unpaired) electrons. The number of nitrogens with zero attached hydrogens (tertiary/aromatic N) is 2. The first-order valence-electron chi connectivity index (χ1n) is 6.34. The highest BCUT2D eigenvalue weighted by Crippen LogP contribution is 2.01. The number of hydrogen-bond donors (Lipinski definition) is 3. The zero-order valence-electron chi connectivity index (χ0n) is 11.0. The van der Waals surface area contributed by atoms with Gasteiger partial charge in [-0.2, -0.15) is 0 Å². The van der Waals surface area contributed by atoms with E-state index in [-0.39, 0.29) is 5.91 Å². The van der Waals surface area contributed by atoms with Crippen molar-refractivity contribution in [3.8, 4) is 0 Å². The Morgan fingerprint density at radius 2 is 2.00 bits per heavy atom. The Balaban J connectivity index is 2.33. The van der Waals surface area contributed by atoms with Crippen molar-refractivity contribution in [2.75, 3.05) is 31.5 Å². The molecule has 6 heteroatoms. The third kappa shape index (κ3) is 5.09. The molecule has 0 saturated carbocycles. The summed E-state index contributed by atoms with van der Waals surface area (Å²) in [5.74, 6) is 0.503. The monoisotopic (exact) mass is 251 g/mol. The Hall–Kier alpha value is -1.69. The number of rotatable bonds is 8. The van der Waals surface area contributed by atoms with Crippen LogP contribution in [0.25, 0.3) is 0 Å². The number of hydrogen-bond acceptors (Lipinski definition) is 5. The van der Waals surface area contributed by atoms with Gasteiger partial charge < -0.3 is 16.0 Å². The van der Waals surface area contributed by atoms with Gasteiger partial charge in [0.15, 0.2) is 5.69 Å². The summed E-state index contributed by atoms with van der Waals surface area (Å²) in [6.07, 6.45) is 1.02. The Bertz CT molecular complexity index is 352. The minimum Gasteiger partial charge on any atom is -0.369 e. The molecule has 1 heterocycles. The molecular weight excluding hydrogens is 230 g/mol. The summed E-state index contributed by atoms with van der Waals surface area (Å²) >= 11 is 0. The van der Waals surface area contributed by atoms with Crippen LogP contribution in [0.15, 0.2) is 12.1 Å². The molecule has 3 N–H and O–H groups in total. The second kappa shape index (κ2) is 8.41. The van der Waals surface area contributed by atoms with Crippen molar-refractivity contribution < 1.29 is 4.79 Å². The zero-order chi connectivity index (χ0) is 13.2. The molecule has 0 aromatic carbocycles. The first kappa shape index (κ1) is 14.4. The van der Waals surface area contributed by atoms with Gasteiger partial charge in [-0.1, -0.05) is 6.92 Å². The number of carbonyl (C=O) groups excluding carboxylic acids is 1. The van der Waals surface area contributed by atoms with Gasteiger partial charge in [-0.05, 0) is 38.6 Å². The fourth-order valence-electron chi connectivity index (χ4n) is 1.41. The van der Waals surface area contributed by atoms with Crippen molar-refractivity contribution in [2.45, 2.75) is 20.3 Å². The molecule has 18 heavy (non-hydrogen) atoms. The third-order valence-corrected chi connectivity index (χ3v) is 2.32. The summed E-state index contributed by atoms with van der Waals surface area (Å²) in [5, 5.41) is 16.9. The van der Waals surface area contributed by atoms with E-state index in [0.717, 1.165) is 26.1 Å². The number of amides is 1. The molecule has 0 fully saturated rings. The molecule has 0 atom stereocenters. The highest BCUT2D eigenvalue weighted by Gasteiger charge is 2.05. The van der Waals surface area contributed by atoms with Crippen molar-refractivity contribution in [2.24, 2.45) is 0 Å².